The van der Waals surface area contributed by atoms with Gasteiger partial charge in [-0.05, 0) is 11.1 Å². The molecular formula is C19H19ClN2. The monoisotopic (exact) mass is 310 g/mol. The number of benzene rings is 3. The highest BCUT2D eigenvalue weighted by Gasteiger charge is 1.92. The van der Waals surface area contributed by atoms with Crippen molar-refractivity contribution in [3.63, 3.8) is 0 Å². The van der Waals surface area contributed by atoms with Gasteiger partial charge < -0.3 is 5.73 Å². The molecule has 0 aromatic heterocycles. The average Bonchev–Trinajstić information content (AvgIpc) is 2.58. The Balaban J connectivity index is 0.000000219. The maximum atomic E-state index is 7.01. The molecule has 0 radical (unpaired) electrons. The molecule has 3 aromatic carbocycles. The lowest BCUT2D eigenvalue weighted by atomic mass is 10.1. The van der Waals surface area contributed by atoms with Gasteiger partial charge in [-0.3, -0.25) is 5.41 Å². The molecule has 0 unspecified atom stereocenters. The van der Waals surface area contributed by atoms with Crippen LogP contribution >= 0.6 is 12.4 Å². The molecular weight excluding hydrogens is 292 g/mol. The number of nitrogen functional groups attached to an aromatic ring is 1. The molecule has 3 aromatic rings. The van der Waals surface area contributed by atoms with E-state index in [0.717, 1.165) is 5.56 Å². The van der Waals surface area contributed by atoms with Crippen molar-refractivity contribution in [1.82, 2.24) is 0 Å². The van der Waals surface area contributed by atoms with E-state index < -0.39 is 0 Å². The van der Waals surface area contributed by atoms with Gasteiger partial charge in [0.25, 0.3) is 0 Å². The summed E-state index contributed by atoms with van der Waals surface area (Å²) >= 11 is 0. The van der Waals surface area contributed by atoms with E-state index in [4.69, 9.17) is 11.1 Å². The van der Waals surface area contributed by atoms with E-state index in [1.54, 1.807) is 0 Å². The molecule has 0 saturated carbocycles. The van der Waals surface area contributed by atoms with Crippen molar-refractivity contribution in [2.24, 2.45) is 5.73 Å². The Morgan fingerprint density at radius 2 is 0.909 bits per heavy atom. The van der Waals surface area contributed by atoms with Crippen LogP contribution in [0.5, 0.6) is 0 Å². The molecule has 0 spiro atoms. The van der Waals surface area contributed by atoms with Crippen LogP contribution in [-0.2, 0) is 0 Å². The van der Waals surface area contributed by atoms with Crippen LogP contribution in [0.15, 0.2) is 91.0 Å². The Kier molecular flexibility index (Phi) is 7.44. The number of amidine groups is 1. The predicted molar refractivity (Wildman–Crippen MR) is 96.6 cm³/mol. The van der Waals surface area contributed by atoms with E-state index in [9.17, 15) is 0 Å². The van der Waals surface area contributed by atoms with E-state index in [2.05, 4.69) is 48.5 Å². The summed E-state index contributed by atoms with van der Waals surface area (Å²) in [7, 11) is 0. The van der Waals surface area contributed by atoms with Gasteiger partial charge >= 0.3 is 0 Å². The van der Waals surface area contributed by atoms with Crippen LogP contribution < -0.4 is 5.73 Å². The van der Waals surface area contributed by atoms with Crippen LogP contribution in [0, 0.1) is 5.41 Å². The van der Waals surface area contributed by atoms with Gasteiger partial charge in [0, 0.05) is 5.56 Å². The van der Waals surface area contributed by atoms with Crippen LogP contribution in [0.4, 0.5) is 0 Å². The second kappa shape index (κ2) is 9.37. The second-order valence-electron chi connectivity index (χ2n) is 4.51. The van der Waals surface area contributed by atoms with Crippen LogP contribution in [0.1, 0.15) is 5.56 Å². The van der Waals surface area contributed by atoms with Crippen LogP contribution in [0.25, 0.3) is 11.1 Å². The second-order valence-corrected chi connectivity index (χ2v) is 4.51. The predicted octanol–water partition coefficient (Wildman–Crippen LogP) is 4.75. The largest absolute Gasteiger partial charge is 0.384 e. The summed E-state index contributed by atoms with van der Waals surface area (Å²) in [5.74, 6) is 0.121. The smallest absolute Gasteiger partial charge is 0.122 e. The van der Waals surface area contributed by atoms with E-state index in [1.807, 2.05) is 42.5 Å². The van der Waals surface area contributed by atoms with Crippen molar-refractivity contribution < 1.29 is 0 Å². The van der Waals surface area contributed by atoms with Gasteiger partial charge in [0.1, 0.15) is 5.84 Å². The van der Waals surface area contributed by atoms with Crippen LogP contribution in [0.2, 0.25) is 0 Å². The number of hydrogen-bond donors (Lipinski definition) is 2. The Bertz CT molecular complexity index is 630. The van der Waals surface area contributed by atoms with Crippen molar-refractivity contribution in [1.29, 1.82) is 5.41 Å². The molecule has 22 heavy (non-hydrogen) atoms. The minimum absolute atomic E-state index is 0. The quantitative estimate of drug-likeness (QED) is 0.521. The first-order valence-electron chi connectivity index (χ1n) is 6.77. The zero-order valence-electron chi connectivity index (χ0n) is 12.1. The third-order valence-electron chi connectivity index (χ3n) is 2.97. The Labute approximate surface area is 137 Å². The van der Waals surface area contributed by atoms with E-state index in [1.165, 1.54) is 11.1 Å². The van der Waals surface area contributed by atoms with Crippen molar-refractivity contribution >= 4 is 18.2 Å². The van der Waals surface area contributed by atoms with Gasteiger partial charge in [-0.15, -0.1) is 12.4 Å². The summed E-state index contributed by atoms with van der Waals surface area (Å²) in [6.45, 7) is 0. The van der Waals surface area contributed by atoms with Crippen molar-refractivity contribution in [2.45, 2.75) is 0 Å². The normalized spacial score (nSPS) is 8.91. The van der Waals surface area contributed by atoms with E-state index in [0.29, 0.717) is 0 Å². The highest BCUT2D eigenvalue weighted by atomic mass is 35.5. The fourth-order valence-corrected chi connectivity index (χ4v) is 1.88. The number of hydrogen-bond acceptors (Lipinski definition) is 1. The summed E-state index contributed by atoms with van der Waals surface area (Å²) in [5, 5.41) is 7.01. The lowest BCUT2D eigenvalue weighted by Crippen LogP contribution is -2.10. The highest BCUT2D eigenvalue weighted by Crippen LogP contribution is 2.17. The van der Waals surface area contributed by atoms with Gasteiger partial charge in [-0.1, -0.05) is 91.0 Å². The zero-order chi connectivity index (χ0) is 14.9. The molecule has 0 heterocycles. The first-order valence-corrected chi connectivity index (χ1v) is 6.77. The first-order chi connectivity index (χ1) is 10.3. The Morgan fingerprint density at radius 1 is 0.591 bits per heavy atom. The van der Waals surface area contributed by atoms with Gasteiger partial charge in [0.05, 0.1) is 0 Å². The summed E-state index contributed by atoms with van der Waals surface area (Å²) < 4.78 is 0. The van der Waals surface area contributed by atoms with Gasteiger partial charge in [-0.2, -0.15) is 0 Å². The topological polar surface area (TPSA) is 49.9 Å². The molecule has 2 nitrogen and oxygen atoms in total. The Hall–Kier alpha value is -2.58. The van der Waals surface area contributed by atoms with E-state index in [-0.39, 0.29) is 18.2 Å². The van der Waals surface area contributed by atoms with Gasteiger partial charge in [0.2, 0.25) is 0 Å². The van der Waals surface area contributed by atoms with E-state index >= 15 is 0 Å². The van der Waals surface area contributed by atoms with Gasteiger partial charge in [-0.25, -0.2) is 0 Å². The molecule has 0 aliphatic heterocycles. The molecule has 0 bridgehead atoms. The molecule has 0 aliphatic carbocycles. The van der Waals surface area contributed by atoms with Gasteiger partial charge in [0.15, 0.2) is 0 Å². The summed E-state index contributed by atoms with van der Waals surface area (Å²) in [6.07, 6.45) is 0. The minimum atomic E-state index is 0. The lowest BCUT2D eigenvalue weighted by molar-refractivity contribution is 1.42. The number of nitrogens with two attached hydrogens (primary N) is 1. The Morgan fingerprint density at radius 3 is 1.18 bits per heavy atom. The number of rotatable bonds is 2. The summed E-state index contributed by atoms with van der Waals surface area (Å²) in [4.78, 5) is 0. The third-order valence-corrected chi connectivity index (χ3v) is 2.97. The molecule has 0 aliphatic rings. The average molecular weight is 311 g/mol. The first kappa shape index (κ1) is 17.5. The van der Waals surface area contributed by atoms with Crippen LogP contribution in [-0.4, -0.2) is 5.84 Å². The third kappa shape index (κ3) is 5.43. The molecule has 3 heteroatoms. The molecule has 0 fully saturated rings. The number of nitrogens with one attached hydrogen (secondary N) is 1. The van der Waals surface area contributed by atoms with Crippen molar-refractivity contribution in [2.75, 3.05) is 0 Å². The molecule has 0 atom stereocenters. The summed E-state index contributed by atoms with van der Waals surface area (Å²) in [5.41, 5.74) is 8.52. The highest BCUT2D eigenvalue weighted by molar-refractivity contribution is 5.94. The van der Waals surface area contributed by atoms with Crippen LogP contribution in [0.3, 0.4) is 0 Å². The lowest BCUT2D eigenvalue weighted by Gasteiger charge is -1.98. The maximum absolute atomic E-state index is 7.01. The maximum Gasteiger partial charge on any atom is 0.122 e. The van der Waals surface area contributed by atoms with Crippen molar-refractivity contribution in [3.05, 3.63) is 96.6 Å². The molecule has 0 saturated heterocycles. The summed E-state index contributed by atoms with van der Waals surface area (Å²) in [6, 6.07) is 30.0. The fraction of sp³-hybridized carbons (Fsp3) is 0. The standard InChI is InChI=1S/C12H10.C7H8N2.ClH/c1-3-7-11(8-4-1)12-9-5-2-6-10-12;8-7(9)6-4-2-1-3-5-6;/h1-10H;1-5H,(H3,8,9);1H. The SMILES string of the molecule is Cl.N=C(N)c1ccccc1.c1ccc(-c2ccccc2)cc1. The fourth-order valence-electron chi connectivity index (χ4n) is 1.88. The number of halogens is 1. The van der Waals surface area contributed by atoms with Crippen molar-refractivity contribution in [3.8, 4) is 11.1 Å². The molecule has 3 rings (SSSR count). The molecule has 0 amide bonds. The minimum Gasteiger partial charge on any atom is -0.384 e. The molecule has 112 valence electrons. The molecule has 3 N–H and O–H groups in total. The zero-order valence-corrected chi connectivity index (χ0v) is 13.0.